The van der Waals surface area contributed by atoms with Gasteiger partial charge in [-0.1, -0.05) is 57.0 Å². The molecule has 1 aliphatic carbocycles. The normalized spacial score (nSPS) is 19.7. The van der Waals surface area contributed by atoms with Crippen LogP contribution < -0.4 is 5.73 Å². The number of aromatic nitrogens is 2. The van der Waals surface area contributed by atoms with Gasteiger partial charge in [0.25, 0.3) is 0 Å². The summed E-state index contributed by atoms with van der Waals surface area (Å²) in [4.78, 5) is 0. The van der Waals surface area contributed by atoms with Crippen molar-refractivity contribution in [2.24, 2.45) is 10.8 Å². The first-order valence-electron chi connectivity index (χ1n) is 6.97. The van der Waals surface area contributed by atoms with Crippen molar-refractivity contribution < 1.29 is 0 Å². The molecule has 0 atom stereocenters. The molecule has 21 heavy (non-hydrogen) atoms. The Labute approximate surface area is 134 Å². The highest BCUT2D eigenvalue weighted by Gasteiger charge is 2.66. The number of aromatic amines is 1. The van der Waals surface area contributed by atoms with Crippen LogP contribution in [0.25, 0.3) is 11.1 Å². The van der Waals surface area contributed by atoms with Crippen LogP contribution >= 0.6 is 23.2 Å². The molecule has 3 rings (SSSR count). The molecule has 1 saturated carbocycles. The number of halogens is 2. The fourth-order valence-corrected chi connectivity index (χ4v) is 4.08. The molecule has 0 saturated heterocycles. The van der Waals surface area contributed by atoms with E-state index in [0.29, 0.717) is 21.8 Å². The Bertz CT molecular complexity index is 682. The fraction of sp³-hybridized carbons (Fsp3) is 0.438. The average molecular weight is 324 g/mol. The van der Waals surface area contributed by atoms with E-state index in [9.17, 15) is 0 Å². The summed E-state index contributed by atoms with van der Waals surface area (Å²) < 4.78 is 0. The number of nitrogens with two attached hydrogens (primary N) is 1. The monoisotopic (exact) mass is 323 g/mol. The van der Waals surface area contributed by atoms with Crippen molar-refractivity contribution in [3.05, 3.63) is 33.9 Å². The van der Waals surface area contributed by atoms with E-state index in [-0.39, 0.29) is 10.8 Å². The number of benzene rings is 1. The minimum Gasteiger partial charge on any atom is -0.382 e. The molecule has 5 heteroatoms. The molecule has 2 aromatic rings. The maximum absolute atomic E-state index is 6.35. The fourth-order valence-electron chi connectivity index (χ4n) is 3.50. The Morgan fingerprint density at radius 2 is 1.57 bits per heavy atom. The van der Waals surface area contributed by atoms with Gasteiger partial charge in [0.05, 0.1) is 10.0 Å². The first-order chi connectivity index (χ1) is 9.69. The molecular formula is C16H19Cl2N3. The third-order valence-corrected chi connectivity index (χ3v) is 5.97. The van der Waals surface area contributed by atoms with Crippen LogP contribution in [0.15, 0.2) is 18.2 Å². The number of nitrogens with one attached hydrogen (secondary N) is 1. The molecular weight excluding hydrogens is 305 g/mol. The van der Waals surface area contributed by atoms with Crippen LogP contribution in [0.4, 0.5) is 5.82 Å². The molecule has 112 valence electrons. The van der Waals surface area contributed by atoms with Crippen LogP contribution in [0.5, 0.6) is 0 Å². The zero-order valence-corrected chi connectivity index (χ0v) is 14.1. The van der Waals surface area contributed by atoms with E-state index in [1.54, 1.807) is 0 Å². The Balaban J connectivity index is 2.21. The van der Waals surface area contributed by atoms with Gasteiger partial charge in [-0.25, -0.2) is 0 Å². The Morgan fingerprint density at radius 1 is 1.05 bits per heavy atom. The number of hydrogen-bond donors (Lipinski definition) is 2. The largest absolute Gasteiger partial charge is 0.382 e. The van der Waals surface area contributed by atoms with Crippen molar-refractivity contribution in [3.63, 3.8) is 0 Å². The van der Waals surface area contributed by atoms with E-state index < -0.39 is 0 Å². The van der Waals surface area contributed by atoms with Crippen LogP contribution in [0.1, 0.15) is 39.3 Å². The molecule has 3 N–H and O–H groups in total. The number of hydrogen-bond acceptors (Lipinski definition) is 2. The molecule has 0 amide bonds. The number of H-pyrrole nitrogens is 1. The van der Waals surface area contributed by atoms with E-state index in [1.165, 1.54) is 0 Å². The van der Waals surface area contributed by atoms with Crippen LogP contribution in [-0.2, 0) is 0 Å². The molecule has 0 radical (unpaired) electrons. The smallest absolute Gasteiger partial charge is 0.153 e. The number of nitrogen functional groups attached to an aromatic ring is 1. The summed E-state index contributed by atoms with van der Waals surface area (Å²) in [7, 11) is 0. The minimum atomic E-state index is 0.175. The number of anilines is 1. The molecule has 3 nitrogen and oxygen atoms in total. The van der Waals surface area contributed by atoms with E-state index in [4.69, 9.17) is 28.9 Å². The number of rotatable bonds is 2. The van der Waals surface area contributed by atoms with Gasteiger partial charge < -0.3 is 5.73 Å². The predicted molar refractivity (Wildman–Crippen MR) is 88.8 cm³/mol. The highest BCUT2D eigenvalue weighted by molar-refractivity contribution is 6.39. The zero-order valence-electron chi connectivity index (χ0n) is 12.6. The average Bonchev–Trinajstić information content (AvgIpc) is 2.65. The molecule has 0 aliphatic heterocycles. The molecule has 1 heterocycles. The first-order valence-corrected chi connectivity index (χ1v) is 7.73. The van der Waals surface area contributed by atoms with Gasteiger partial charge in [0.2, 0.25) is 0 Å². The lowest BCUT2D eigenvalue weighted by atomic mass is 9.99. The zero-order chi connectivity index (χ0) is 15.6. The minimum absolute atomic E-state index is 0.175. The van der Waals surface area contributed by atoms with E-state index >= 15 is 0 Å². The van der Waals surface area contributed by atoms with Gasteiger partial charge in [-0.15, -0.1) is 0 Å². The van der Waals surface area contributed by atoms with Gasteiger partial charge in [-0.2, -0.15) is 5.10 Å². The van der Waals surface area contributed by atoms with Gasteiger partial charge in [-0.3, -0.25) is 5.10 Å². The topological polar surface area (TPSA) is 54.7 Å². The third-order valence-electron chi connectivity index (χ3n) is 5.34. The van der Waals surface area contributed by atoms with Gasteiger partial charge in [0, 0.05) is 22.7 Å². The lowest BCUT2D eigenvalue weighted by Gasteiger charge is -2.10. The summed E-state index contributed by atoms with van der Waals surface area (Å²) in [5.41, 5.74) is 9.08. The van der Waals surface area contributed by atoms with Crippen molar-refractivity contribution in [1.29, 1.82) is 0 Å². The Hall–Kier alpha value is -1.19. The quantitative estimate of drug-likeness (QED) is 0.806. The summed E-state index contributed by atoms with van der Waals surface area (Å²) in [6.45, 7) is 9.03. The highest BCUT2D eigenvalue weighted by Crippen LogP contribution is 2.74. The van der Waals surface area contributed by atoms with Crippen LogP contribution in [0.3, 0.4) is 0 Å². The van der Waals surface area contributed by atoms with Crippen molar-refractivity contribution >= 4 is 29.0 Å². The molecule has 1 aromatic heterocycles. The van der Waals surface area contributed by atoms with Gasteiger partial charge in [0.15, 0.2) is 5.82 Å². The summed E-state index contributed by atoms with van der Waals surface area (Å²) in [6, 6.07) is 5.47. The predicted octanol–water partition coefficient (Wildman–Crippen LogP) is 5.12. The molecule has 0 unspecified atom stereocenters. The van der Waals surface area contributed by atoms with E-state index in [2.05, 4.69) is 37.9 Å². The number of nitrogens with zero attached hydrogens (tertiary/aromatic N) is 1. The second kappa shape index (κ2) is 4.40. The summed E-state index contributed by atoms with van der Waals surface area (Å²) >= 11 is 12.7. The lowest BCUT2D eigenvalue weighted by molar-refractivity contribution is 0.457. The van der Waals surface area contributed by atoms with Gasteiger partial charge >= 0.3 is 0 Å². The maximum Gasteiger partial charge on any atom is 0.153 e. The molecule has 1 aliphatic rings. The van der Waals surface area contributed by atoms with Gasteiger partial charge in [-0.05, 0) is 23.0 Å². The van der Waals surface area contributed by atoms with Crippen LogP contribution in [0.2, 0.25) is 10.0 Å². The third kappa shape index (κ3) is 1.91. The first kappa shape index (κ1) is 14.7. The van der Waals surface area contributed by atoms with Crippen LogP contribution in [0, 0.1) is 10.8 Å². The summed E-state index contributed by atoms with van der Waals surface area (Å²) in [5.74, 6) is 0.788. The Morgan fingerprint density at radius 3 is 2.05 bits per heavy atom. The Kier molecular flexibility index (Phi) is 3.09. The molecule has 0 bridgehead atoms. The van der Waals surface area contributed by atoms with Crippen molar-refractivity contribution in [3.8, 4) is 11.1 Å². The molecule has 1 aromatic carbocycles. The van der Waals surface area contributed by atoms with Gasteiger partial charge in [0.1, 0.15) is 0 Å². The highest BCUT2D eigenvalue weighted by atomic mass is 35.5. The second-order valence-electron chi connectivity index (χ2n) is 6.87. The van der Waals surface area contributed by atoms with E-state index in [1.807, 2.05) is 18.2 Å². The van der Waals surface area contributed by atoms with Crippen molar-refractivity contribution in [2.45, 2.75) is 33.6 Å². The molecule has 1 fully saturated rings. The lowest BCUT2D eigenvalue weighted by Crippen LogP contribution is -1.95. The summed E-state index contributed by atoms with van der Waals surface area (Å²) in [5, 5.41) is 8.49. The maximum atomic E-state index is 6.35. The molecule has 0 spiro atoms. The van der Waals surface area contributed by atoms with Crippen molar-refractivity contribution in [2.75, 3.05) is 5.73 Å². The second-order valence-corrected chi connectivity index (χ2v) is 7.68. The van der Waals surface area contributed by atoms with Crippen LogP contribution in [-0.4, -0.2) is 10.2 Å². The van der Waals surface area contributed by atoms with E-state index in [0.717, 1.165) is 16.8 Å². The van der Waals surface area contributed by atoms with Crippen molar-refractivity contribution in [1.82, 2.24) is 10.2 Å². The summed E-state index contributed by atoms with van der Waals surface area (Å²) in [6.07, 6.45) is 0. The standard InChI is InChI=1S/C16H19Cl2N3/c1-15(2)13(16(15,3)4)12-11(14(19)21-20-12)10-8(17)6-5-7-9(10)18/h5-7,13H,1-4H3,(H3,19,20,21). The SMILES string of the molecule is CC1(C)C(c2[nH]nc(N)c2-c2c(Cl)cccc2Cl)C1(C)C.